The van der Waals surface area contributed by atoms with Gasteiger partial charge in [0.05, 0.1) is 6.10 Å². The lowest BCUT2D eigenvalue weighted by Crippen LogP contribution is -2.47. The third-order valence-electron chi connectivity index (χ3n) is 4.55. The Morgan fingerprint density at radius 1 is 1.33 bits per heavy atom. The van der Waals surface area contributed by atoms with Crippen LogP contribution in [0.5, 0.6) is 0 Å². The van der Waals surface area contributed by atoms with E-state index < -0.39 is 0 Å². The Bertz CT molecular complexity index is 593. The van der Waals surface area contributed by atoms with Crippen LogP contribution in [0.25, 0.3) is 0 Å². The van der Waals surface area contributed by atoms with Crippen LogP contribution in [0, 0.1) is 0 Å². The van der Waals surface area contributed by atoms with E-state index in [9.17, 15) is 9.59 Å². The third kappa shape index (κ3) is 4.10. The summed E-state index contributed by atoms with van der Waals surface area (Å²) in [6, 6.07) is 3.21. The summed E-state index contributed by atoms with van der Waals surface area (Å²) in [4.78, 5) is 32.9. The molecule has 1 aromatic heterocycles. The lowest BCUT2D eigenvalue weighted by Gasteiger charge is -2.32. The number of likely N-dealkylation sites (N-methyl/N-ethyl adjacent to an activating group) is 1. The van der Waals surface area contributed by atoms with Gasteiger partial charge in [0.2, 0.25) is 0 Å². The van der Waals surface area contributed by atoms with Crippen molar-refractivity contribution < 1.29 is 14.3 Å². The highest BCUT2D eigenvalue weighted by atomic mass is 16.5. The van der Waals surface area contributed by atoms with E-state index in [0.717, 1.165) is 32.5 Å². The molecular weight excluding hydrogens is 308 g/mol. The van der Waals surface area contributed by atoms with Gasteiger partial charge in [0, 0.05) is 51.1 Å². The number of piperazine rings is 1. The minimum atomic E-state index is -0.194. The van der Waals surface area contributed by atoms with E-state index >= 15 is 0 Å². The molecule has 130 valence electrons. The Morgan fingerprint density at radius 2 is 2.12 bits per heavy atom. The maximum Gasteiger partial charge on any atom is 0.272 e. The summed E-state index contributed by atoms with van der Waals surface area (Å²) in [5, 5.41) is 2.87. The highest BCUT2D eigenvalue weighted by Gasteiger charge is 2.22. The molecule has 3 heterocycles. The first-order valence-corrected chi connectivity index (χ1v) is 8.47. The molecular formula is C17H24N4O3. The fraction of sp³-hybridized carbons (Fsp3) is 0.588. The van der Waals surface area contributed by atoms with Gasteiger partial charge >= 0.3 is 0 Å². The van der Waals surface area contributed by atoms with Crippen LogP contribution in [0.15, 0.2) is 18.3 Å². The topological polar surface area (TPSA) is 74.8 Å². The summed E-state index contributed by atoms with van der Waals surface area (Å²) < 4.78 is 5.50. The SMILES string of the molecule is CN1CCN(C(=O)c2cc(C(=O)NCC3CCCO3)ccn2)CC1. The fourth-order valence-electron chi connectivity index (χ4n) is 2.97. The Labute approximate surface area is 142 Å². The van der Waals surface area contributed by atoms with E-state index in [1.54, 1.807) is 17.0 Å². The van der Waals surface area contributed by atoms with Gasteiger partial charge in [0.1, 0.15) is 5.69 Å². The Hall–Kier alpha value is -1.99. The molecule has 1 N–H and O–H groups in total. The van der Waals surface area contributed by atoms with Crippen molar-refractivity contribution in [1.29, 1.82) is 0 Å². The zero-order valence-electron chi connectivity index (χ0n) is 14.0. The summed E-state index contributed by atoms with van der Waals surface area (Å²) in [5.41, 5.74) is 0.782. The molecule has 2 aliphatic rings. The maximum atomic E-state index is 12.5. The molecule has 1 unspecified atom stereocenters. The van der Waals surface area contributed by atoms with Gasteiger partial charge in [0.25, 0.3) is 11.8 Å². The van der Waals surface area contributed by atoms with E-state index in [0.29, 0.717) is 30.9 Å². The molecule has 0 radical (unpaired) electrons. The first-order chi connectivity index (χ1) is 11.6. The summed E-state index contributed by atoms with van der Waals surface area (Å²) in [6.45, 7) is 4.35. The highest BCUT2D eigenvalue weighted by molar-refractivity contribution is 5.98. The second kappa shape index (κ2) is 7.72. The van der Waals surface area contributed by atoms with Crippen LogP contribution in [0.3, 0.4) is 0 Å². The number of aromatic nitrogens is 1. The van der Waals surface area contributed by atoms with Crippen molar-refractivity contribution in [2.75, 3.05) is 46.4 Å². The lowest BCUT2D eigenvalue weighted by atomic mass is 10.2. The van der Waals surface area contributed by atoms with Crippen LogP contribution in [0.2, 0.25) is 0 Å². The number of ether oxygens (including phenoxy) is 1. The number of carbonyl (C=O) groups is 2. The molecule has 24 heavy (non-hydrogen) atoms. The van der Waals surface area contributed by atoms with Gasteiger partial charge in [-0.15, -0.1) is 0 Å². The summed E-state index contributed by atoms with van der Waals surface area (Å²) >= 11 is 0. The van der Waals surface area contributed by atoms with Gasteiger partial charge in [-0.25, -0.2) is 0 Å². The highest BCUT2D eigenvalue weighted by Crippen LogP contribution is 2.12. The van der Waals surface area contributed by atoms with Crippen LogP contribution in [0.1, 0.15) is 33.7 Å². The van der Waals surface area contributed by atoms with Crippen molar-refractivity contribution in [2.45, 2.75) is 18.9 Å². The average molecular weight is 332 g/mol. The first kappa shape index (κ1) is 16.9. The van der Waals surface area contributed by atoms with Gasteiger partial charge < -0.3 is 19.9 Å². The van der Waals surface area contributed by atoms with Crippen molar-refractivity contribution in [3.63, 3.8) is 0 Å². The molecule has 0 aliphatic carbocycles. The van der Waals surface area contributed by atoms with Gasteiger partial charge in [-0.3, -0.25) is 14.6 Å². The van der Waals surface area contributed by atoms with Crippen molar-refractivity contribution in [3.8, 4) is 0 Å². The lowest BCUT2D eigenvalue weighted by molar-refractivity contribution is 0.0658. The van der Waals surface area contributed by atoms with Crippen LogP contribution in [0.4, 0.5) is 0 Å². The predicted octanol–water partition coefficient (Wildman–Crippen LogP) is 0.378. The number of hydrogen-bond donors (Lipinski definition) is 1. The summed E-state index contributed by atoms with van der Waals surface area (Å²) in [5.74, 6) is -0.308. The second-order valence-electron chi connectivity index (χ2n) is 6.37. The molecule has 0 spiro atoms. The zero-order chi connectivity index (χ0) is 16.9. The zero-order valence-corrected chi connectivity index (χ0v) is 14.0. The summed E-state index contributed by atoms with van der Waals surface area (Å²) in [7, 11) is 2.04. The quantitative estimate of drug-likeness (QED) is 0.863. The number of pyridine rings is 1. The maximum absolute atomic E-state index is 12.5. The van der Waals surface area contributed by atoms with E-state index in [1.807, 2.05) is 7.05 Å². The van der Waals surface area contributed by atoms with E-state index in [1.165, 1.54) is 6.20 Å². The molecule has 2 aliphatic heterocycles. The monoisotopic (exact) mass is 332 g/mol. The minimum Gasteiger partial charge on any atom is -0.376 e. The van der Waals surface area contributed by atoms with E-state index in [4.69, 9.17) is 4.74 Å². The molecule has 0 bridgehead atoms. The molecule has 0 saturated carbocycles. The molecule has 1 atom stereocenters. The van der Waals surface area contributed by atoms with Crippen LogP contribution in [-0.4, -0.2) is 79.1 Å². The summed E-state index contributed by atoms with van der Waals surface area (Å²) in [6.07, 6.45) is 3.63. The van der Waals surface area contributed by atoms with Gasteiger partial charge in [0.15, 0.2) is 0 Å². The number of hydrogen-bond acceptors (Lipinski definition) is 5. The Kier molecular flexibility index (Phi) is 5.42. The molecule has 7 nitrogen and oxygen atoms in total. The molecule has 2 saturated heterocycles. The van der Waals surface area contributed by atoms with Crippen LogP contribution >= 0.6 is 0 Å². The molecule has 1 aromatic rings. The van der Waals surface area contributed by atoms with Crippen molar-refractivity contribution in [1.82, 2.24) is 20.1 Å². The van der Waals surface area contributed by atoms with Crippen molar-refractivity contribution >= 4 is 11.8 Å². The van der Waals surface area contributed by atoms with E-state index in [2.05, 4.69) is 15.2 Å². The number of amides is 2. The molecule has 0 aromatic carbocycles. The first-order valence-electron chi connectivity index (χ1n) is 8.47. The largest absolute Gasteiger partial charge is 0.376 e. The van der Waals surface area contributed by atoms with Gasteiger partial charge in [-0.05, 0) is 32.0 Å². The Morgan fingerprint density at radius 3 is 2.83 bits per heavy atom. The van der Waals surface area contributed by atoms with Gasteiger partial charge in [-0.2, -0.15) is 0 Å². The number of carbonyl (C=O) groups excluding carboxylic acids is 2. The predicted molar refractivity (Wildman–Crippen MR) is 88.9 cm³/mol. The Balaban J connectivity index is 1.60. The second-order valence-corrected chi connectivity index (χ2v) is 6.37. The average Bonchev–Trinajstić information content (AvgIpc) is 3.13. The fourth-order valence-corrected chi connectivity index (χ4v) is 2.97. The molecule has 7 heteroatoms. The molecule has 2 fully saturated rings. The third-order valence-corrected chi connectivity index (χ3v) is 4.55. The minimum absolute atomic E-state index is 0.0993. The molecule has 2 amide bonds. The molecule has 3 rings (SSSR count). The smallest absolute Gasteiger partial charge is 0.272 e. The van der Waals surface area contributed by atoms with Crippen molar-refractivity contribution in [3.05, 3.63) is 29.6 Å². The normalized spacial score (nSPS) is 21.7. The number of nitrogens with zero attached hydrogens (tertiary/aromatic N) is 3. The van der Waals surface area contributed by atoms with Crippen molar-refractivity contribution in [2.24, 2.45) is 0 Å². The van der Waals surface area contributed by atoms with E-state index in [-0.39, 0.29) is 17.9 Å². The van der Waals surface area contributed by atoms with Crippen LogP contribution in [-0.2, 0) is 4.74 Å². The van der Waals surface area contributed by atoms with Crippen LogP contribution < -0.4 is 5.32 Å². The number of nitrogens with one attached hydrogen (secondary N) is 1. The number of rotatable bonds is 4. The standard InChI is InChI=1S/C17H24N4O3/c1-20-6-8-21(9-7-20)17(23)15-11-13(4-5-18-15)16(22)19-12-14-3-2-10-24-14/h4-5,11,14H,2-3,6-10,12H2,1H3,(H,19,22). The van der Waals surface area contributed by atoms with Gasteiger partial charge in [-0.1, -0.05) is 0 Å².